The number of carbonyl (C=O) groups excluding carboxylic acids is 3. The third-order valence-corrected chi connectivity index (χ3v) is 11.1. The maximum absolute atomic E-state index is 12.7. The molecule has 0 amide bonds. The molecule has 4 aliphatic rings. The number of carbonyl (C=O) groups is 3. The van der Waals surface area contributed by atoms with Crippen LogP contribution in [0.3, 0.4) is 0 Å². The number of aliphatic hydroxyl groups is 2. The van der Waals surface area contributed by atoms with Crippen LogP contribution in [0.1, 0.15) is 93.4 Å². The molecule has 9 atom stereocenters. The van der Waals surface area contributed by atoms with Gasteiger partial charge in [0, 0.05) is 12.3 Å². The van der Waals surface area contributed by atoms with Crippen molar-refractivity contribution in [3.63, 3.8) is 0 Å². The van der Waals surface area contributed by atoms with Crippen LogP contribution in [0.15, 0.2) is 22.8 Å². The second-order valence-corrected chi connectivity index (χ2v) is 13.6. The van der Waals surface area contributed by atoms with Gasteiger partial charge in [0.25, 0.3) is 0 Å². The Labute approximate surface area is 238 Å². The van der Waals surface area contributed by atoms with Crippen LogP contribution in [0.2, 0.25) is 0 Å². The van der Waals surface area contributed by atoms with E-state index in [9.17, 15) is 24.6 Å². The number of hydrogen-bond donors (Lipinski definition) is 2. The van der Waals surface area contributed by atoms with Crippen molar-refractivity contribution in [1.29, 1.82) is 0 Å². The van der Waals surface area contributed by atoms with Crippen LogP contribution in [-0.2, 0) is 28.6 Å². The van der Waals surface area contributed by atoms with Crippen LogP contribution in [-0.4, -0.2) is 59.6 Å². The van der Waals surface area contributed by atoms with Crippen LogP contribution in [0, 0.1) is 34.0 Å². The van der Waals surface area contributed by atoms with E-state index in [1.54, 1.807) is 0 Å². The largest absolute Gasteiger partial charge is 0.469 e. The number of methoxy groups -OCH3 is 1. The van der Waals surface area contributed by atoms with Gasteiger partial charge in [-0.1, -0.05) is 54.0 Å². The van der Waals surface area contributed by atoms with Gasteiger partial charge in [0.05, 0.1) is 26.1 Å². The molecule has 0 heterocycles. The summed E-state index contributed by atoms with van der Waals surface area (Å²) in [7, 11) is 1.27. The van der Waals surface area contributed by atoms with Crippen molar-refractivity contribution in [1.82, 2.24) is 0 Å². The minimum atomic E-state index is -1.01. The third kappa shape index (κ3) is 4.73. The lowest BCUT2D eigenvalue weighted by molar-refractivity contribution is -0.194. The zero-order chi connectivity index (χ0) is 29.8. The van der Waals surface area contributed by atoms with Crippen molar-refractivity contribution >= 4 is 17.9 Å². The Morgan fingerprint density at radius 1 is 1.07 bits per heavy atom. The molecule has 1 saturated carbocycles. The molecule has 0 aromatic heterocycles. The Hall–Kier alpha value is -2.19. The van der Waals surface area contributed by atoms with Crippen LogP contribution in [0.4, 0.5) is 0 Å². The van der Waals surface area contributed by atoms with E-state index in [0.29, 0.717) is 12.3 Å². The smallest absolute Gasteiger partial charge is 0.306 e. The first-order valence-electron chi connectivity index (χ1n) is 14.9. The average molecular weight is 561 g/mol. The summed E-state index contributed by atoms with van der Waals surface area (Å²) in [5, 5.41) is 23.6. The lowest BCUT2D eigenvalue weighted by atomic mass is 9.45. The van der Waals surface area contributed by atoms with Crippen molar-refractivity contribution < 1.29 is 38.8 Å². The Morgan fingerprint density at radius 2 is 1.73 bits per heavy atom. The lowest BCUT2D eigenvalue weighted by Gasteiger charge is -2.62. The predicted molar refractivity (Wildman–Crippen MR) is 149 cm³/mol. The van der Waals surface area contributed by atoms with E-state index in [4.69, 9.17) is 9.47 Å². The summed E-state index contributed by atoms with van der Waals surface area (Å²) in [5.74, 6) is -0.862. The first kappa shape index (κ1) is 30.8. The van der Waals surface area contributed by atoms with Crippen LogP contribution >= 0.6 is 0 Å². The highest BCUT2D eigenvalue weighted by molar-refractivity contribution is 5.77. The van der Waals surface area contributed by atoms with E-state index in [1.807, 2.05) is 13.8 Å². The fourth-order valence-corrected chi connectivity index (χ4v) is 9.05. The summed E-state index contributed by atoms with van der Waals surface area (Å²) in [6, 6.07) is 0. The number of ether oxygens (including phenoxy) is 3. The van der Waals surface area contributed by atoms with Gasteiger partial charge in [-0.25, -0.2) is 0 Å². The first-order valence-corrected chi connectivity index (χ1v) is 14.9. The summed E-state index contributed by atoms with van der Waals surface area (Å²) in [6.07, 6.45) is 2.38. The maximum Gasteiger partial charge on any atom is 0.306 e. The van der Waals surface area contributed by atoms with Crippen LogP contribution < -0.4 is 0 Å². The van der Waals surface area contributed by atoms with Crippen molar-refractivity contribution in [3.8, 4) is 0 Å². The topological polar surface area (TPSA) is 119 Å². The van der Waals surface area contributed by atoms with Gasteiger partial charge in [-0.15, -0.1) is 0 Å². The highest BCUT2D eigenvalue weighted by atomic mass is 16.6. The predicted octanol–water partition coefficient (Wildman–Crippen LogP) is 4.66. The molecule has 0 aliphatic heterocycles. The normalized spacial score (nSPS) is 38.8. The van der Waals surface area contributed by atoms with Gasteiger partial charge in [-0.3, -0.25) is 14.4 Å². The Balaban J connectivity index is 1.77. The Morgan fingerprint density at radius 3 is 2.33 bits per heavy atom. The molecule has 2 N–H and O–H groups in total. The minimum Gasteiger partial charge on any atom is -0.469 e. The van der Waals surface area contributed by atoms with E-state index in [1.165, 1.54) is 19.6 Å². The van der Waals surface area contributed by atoms with Crippen molar-refractivity contribution in [2.45, 2.75) is 118 Å². The molecule has 40 heavy (non-hydrogen) atoms. The van der Waals surface area contributed by atoms with Gasteiger partial charge >= 0.3 is 17.9 Å². The quantitative estimate of drug-likeness (QED) is 0.341. The van der Waals surface area contributed by atoms with Gasteiger partial charge < -0.3 is 24.4 Å². The highest BCUT2D eigenvalue weighted by Gasteiger charge is 2.65. The molecule has 224 valence electrons. The number of allylic oxidation sites excluding steroid dienone is 2. The highest BCUT2D eigenvalue weighted by Crippen LogP contribution is 2.67. The molecule has 4 aliphatic carbocycles. The van der Waals surface area contributed by atoms with Crippen molar-refractivity contribution in [2.24, 2.45) is 34.0 Å². The molecule has 8 nitrogen and oxygen atoms in total. The molecule has 0 spiro atoms. The summed E-state index contributed by atoms with van der Waals surface area (Å²) < 4.78 is 16.5. The zero-order valence-corrected chi connectivity index (χ0v) is 25.4. The summed E-state index contributed by atoms with van der Waals surface area (Å²) in [6.45, 7) is 14.0. The number of fused-ring (bicyclic) bond motifs is 4. The SMILES string of the molecule is CC[C@@H](C)[C@H]1CC=C2C3=C([C@@H](O)[C@H](OC(C)=O)[C@@]21C)[C@@]1(C)C[C@@H](OC(=O)CCC(=O)OC)[C@H](O)C(C)(C)[C@@H]1CC3. The van der Waals surface area contributed by atoms with Gasteiger partial charge in [-0.05, 0) is 71.0 Å². The third-order valence-electron chi connectivity index (χ3n) is 11.1. The number of hydrogen-bond acceptors (Lipinski definition) is 8. The molecule has 0 saturated heterocycles. The number of rotatable bonds is 7. The summed E-state index contributed by atoms with van der Waals surface area (Å²) in [5.41, 5.74) is 1.44. The second-order valence-electron chi connectivity index (χ2n) is 13.6. The molecule has 0 bridgehead atoms. The molecular formula is C32H48O8. The first-order chi connectivity index (χ1) is 18.6. The van der Waals surface area contributed by atoms with Crippen LogP contribution in [0.5, 0.6) is 0 Å². The fourth-order valence-electron chi connectivity index (χ4n) is 9.05. The standard InChI is InChI=1S/C32H48O8/c1-9-17(2)20-11-12-21-19-10-13-23-30(4,5)28(37)22(40-25(35)15-14-24(34)38-8)16-31(23,6)26(19)27(36)29(32(20,21)7)39-18(3)33/h12,17,20,22-23,27-29,36-37H,9-11,13-16H2,1-8H3/t17-,20-,22-,23+,27-,28+,29+,31+,32-/m1/s1. The molecule has 0 aromatic rings. The summed E-state index contributed by atoms with van der Waals surface area (Å²) >= 11 is 0. The fraction of sp³-hybridized carbons (Fsp3) is 0.781. The average Bonchev–Trinajstić information content (AvgIpc) is 3.25. The molecule has 0 radical (unpaired) electrons. The monoisotopic (exact) mass is 560 g/mol. The summed E-state index contributed by atoms with van der Waals surface area (Å²) in [4.78, 5) is 36.7. The van der Waals surface area contributed by atoms with E-state index in [-0.39, 0.29) is 24.7 Å². The minimum absolute atomic E-state index is 0.00289. The van der Waals surface area contributed by atoms with Crippen molar-refractivity contribution in [3.05, 3.63) is 22.8 Å². The Bertz CT molecular complexity index is 1100. The molecule has 8 heteroatoms. The lowest BCUT2D eigenvalue weighted by Crippen LogP contribution is -2.63. The van der Waals surface area contributed by atoms with E-state index in [0.717, 1.165) is 36.8 Å². The Kier molecular flexibility index (Phi) is 8.38. The second kappa shape index (κ2) is 10.9. The number of aliphatic hydroxyl groups excluding tert-OH is 2. The molecular weight excluding hydrogens is 512 g/mol. The van der Waals surface area contributed by atoms with Gasteiger partial charge in [0.2, 0.25) is 0 Å². The van der Waals surface area contributed by atoms with E-state index < -0.39 is 58.6 Å². The van der Waals surface area contributed by atoms with E-state index in [2.05, 4.69) is 38.5 Å². The van der Waals surface area contributed by atoms with Gasteiger partial charge in [0.15, 0.2) is 0 Å². The molecule has 4 rings (SSSR count). The molecule has 1 fully saturated rings. The van der Waals surface area contributed by atoms with Gasteiger partial charge in [0.1, 0.15) is 18.3 Å². The molecule has 0 aromatic carbocycles. The van der Waals surface area contributed by atoms with Crippen LogP contribution in [0.25, 0.3) is 0 Å². The van der Waals surface area contributed by atoms with Gasteiger partial charge in [-0.2, -0.15) is 0 Å². The maximum atomic E-state index is 12.7. The molecule has 0 unspecified atom stereocenters. The van der Waals surface area contributed by atoms with Crippen molar-refractivity contribution in [2.75, 3.05) is 7.11 Å². The zero-order valence-electron chi connectivity index (χ0n) is 25.4. The number of esters is 3. The van der Waals surface area contributed by atoms with E-state index >= 15 is 0 Å².